The molecule has 8 heteroatoms. The van der Waals surface area contributed by atoms with E-state index in [1.54, 1.807) is 24.3 Å². The number of halogens is 1. The molecule has 2 aliphatic heterocycles. The molecule has 1 fully saturated rings. The quantitative estimate of drug-likeness (QED) is 0.402. The number of rotatable bonds is 3. The molecule has 1 amide bonds. The van der Waals surface area contributed by atoms with E-state index in [0.29, 0.717) is 5.56 Å². The van der Waals surface area contributed by atoms with E-state index in [1.807, 2.05) is 18.2 Å². The molecular formula is C19H19IN4O3. The predicted molar refractivity (Wildman–Crippen MR) is 111 cm³/mol. The lowest BCUT2D eigenvalue weighted by atomic mass is 9.92. The zero-order chi connectivity index (χ0) is 19.0. The van der Waals surface area contributed by atoms with Crippen LogP contribution in [0.15, 0.2) is 42.5 Å². The third-order valence-corrected chi connectivity index (χ3v) is 5.89. The number of benzene rings is 2. The van der Waals surface area contributed by atoms with Crippen LogP contribution in [-0.2, 0) is 6.54 Å². The summed E-state index contributed by atoms with van der Waals surface area (Å²) in [6.07, 6.45) is 1.61. The first-order chi connectivity index (χ1) is 12.9. The van der Waals surface area contributed by atoms with Gasteiger partial charge in [-0.05, 0) is 46.4 Å². The number of carbonyl (C=O) groups is 1. The Hall–Kier alpha value is -2.20. The smallest absolute Gasteiger partial charge is 0.269 e. The maximum atomic E-state index is 12.5. The molecule has 2 heterocycles. The molecule has 4 rings (SSSR count). The van der Waals surface area contributed by atoms with Gasteiger partial charge in [0.15, 0.2) is 0 Å². The Morgan fingerprint density at radius 1 is 1.11 bits per heavy atom. The second kappa shape index (κ2) is 7.08. The van der Waals surface area contributed by atoms with Crippen molar-refractivity contribution in [1.29, 1.82) is 0 Å². The van der Waals surface area contributed by atoms with Gasteiger partial charge < -0.3 is 10.6 Å². The number of fused-ring (bicyclic) bond motifs is 1. The molecule has 2 N–H and O–H groups in total. The van der Waals surface area contributed by atoms with E-state index in [1.165, 1.54) is 0 Å². The average molecular weight is 478 g/mol. The fourth-order valence-corrected chi connectivity index (χ4v) is 4.20. The second-order valence-electron chi connectivity index (χ2n) is 7.05. The van der Waals surface area contributed by atoms with Gasteiger partial charge in [-0.2, -0.15) is 0 Å². The molecule has 2 aliphatic rings. The number of piperidine rings is 1. The summed E-state index contributed by atoms with van der Waals surface area (Å²) in [5, 5.41) is 17.5. The normalized spacial score (nSPS) is 18.5. The summed E-state index contributed by atoms with van der Waals surface area (Å²) < 4.78 is 1.04. The van der Waals surface area contributed by atoms with Crippen LogP contribution in [0.4, 0.5) is 11.4 Å². The van der Waals surface area contributed by atoms with Crippen molar-refractivity contribution in [2.45, 2.75) is 25.0 Å². The van der Waals surface area contributed by atoms with Crippen molar-refractivity contribution in [3.05, 3.63) is 67.3 Å². The molecule has 2 aromatic carbocycles. The maximum absolute atomic E-state index is 12.5. The van der Waals surface area contributed by atoms with Gasteiger partial charge in [-0.15, -0.1) is 0 Å². The van der Waals surface area contributed by atoms with Gasteiger partial charge in [0.25, 0.3) is 11.6 Å². The van der Waals surface area contributed by atoms with Gasteiger partial charge in [-0.25, -0.2) is 0 Å². The zero-order valence-electron chi connectivity index (χ0n) is 14.6. The van der Waals surface area contributed by atoms with E-state index in [9.17, 15) is 14.9 Å². The lowest BCUT2D eigenvalue weighted by Gasteiger charge is -2.46. The number of nitrogens with zero attached hydrogens (tertiary/aromatic N) is 2. The summed E-state index contributed by atoms with van der Waals surface area (Å²) in [7, 11) is 0. The third kappa shape index (κ3) is 3.77. The van der Waals surface area contributed by atoms with Gasteiger partial charge in [0.2, 0.25) is 0 Å². The van der Waals surface area contributed by atoms with Gasteiger partial charge in [-0.1, -0.05) is 12.1 Å². The standard InChI is InChI=1S/C19H19IN4O3/c20-14-3-6-17-16(11-14)18(25)22-19(21-17)7-9-23(10-8-19)12-13-1-4-15(5-2-13)24(26)27/h1-6,11,21H,7-10,12H2,(H,22,25). The Bertz CT molecular complexity index is 892. The predicted octanol–water partition coefficient (Wildman–Crippen LogP) is 3.35. The van der Waals surface area contributed by atoms with E-state index in [4.69, 9.17) is 0 Å². The Labute approximate surface area is 170 Å². The molecule has 27 heavy (non-hydrogen) atoms. The van der Waals surface area contributed by atoms with E-state index in [2.05, 4.69) is 38.1 Å². The number of nitrogens with one attached hydrogen (secondary N) is 2. The Morgan fingerprint density at radius 3 is 2.48 bits per heavy atom. The molecule has 0 unspecified atom stereocenters. The summed E-state index contributed by atoms with van der Waals surface area (Å²) in [5.74, 6) is -0.0221. The summed E-state index contributed by atoms with van der Waals surface area (Å²) in [6.45, 7) is 2.42. The van der Waals surface area contributed by atoms with E-state index >= 15 is 0 Å². The maximum Gasteiger partial charge on any atom is 0.269 e. The lowest BCUT2D eigenvalue weighted by Crippen LogP contribution is -2.62. The van der Waals surface area contributed by atoms with Gasteiger partial charge in [0.05, 0.1) is 10.5 Å². The topological polar surface area (TPSA) is 87.5 Å². The molecule has 7 nitrogen and oxygen atoms in total. The molecule has 140 valence electrons. The molecule has 0 radical (unpaired) electrons. The highest BCUT2D eigenvalue weighted by atomic mass is 127. The summed E-state index contributed by atoms with van der Waals surface area (Å²) in [6, 6.07) is 12.6. The van der Waals surface area contributed by atoms with E-state index in [-0.39, 0.29) is 16.5 Å². The minimum Gasteiger partial charge on any atom is -0.362 e. The Kier molecular flexibility index (Phi) is 4.77. The van der Waals surface area contributed by atoms with Crippen molar-refractivity contribution in [2.24, 2.45) is 0 Å². The molecule has 0 saturated carbocycles. The Morgan fingerprint density at radius 2 is 1.81 bits per heavy atom. The van der Waals surface area contributed by atoms with Gasteiger partial charge in [0.1, 0.15) is 5.66 Å². The molecular weight excluding hydrogens is 459 g/mol. The molecule has 0 atom stereocenters. The van der Waals surface area contributed by atoms with E-state index in [0.717, 1.165) is 47.3 Å². The van der Waals surface area contributed by atoms with Gasteiger partial charge in [-0.3, -0.25) is 19.8 Å². The fraction of sp³-hybridized carbons (Fsp3) is 0.316. The number of non-ortho nitro benzene ring substituents is 1. The first-order valence-corrected chi connectivity index (χ1v) is 9.88. The highest BCUT2D eigenvalue weighted by Crippen LogP contribution is 2.32. The summed E-state index contributed by atoms with van der Waals surface area (Å²) in [5.41, 5.74) is 2.35. The van der Waals surface area contributed by atoms with Crippen LogP contribution in [0.25, 0.3) is 0 Å². The highest BCUT2D eigenvalue weighted by Gasteiger charge is 2.40. The van der Waals surface area contributed by atoms with E-state index < -0.39 is 5.66 Å². The van der Waals surface area contributed by atoms with Crippen molar-refractivity contribution in [3.8, 4) is 0 Å². The van der Waals surface area contributed by atoms with Crippen molar-refractivity contribution >= 4 is 39.9 Å². The number of likely N-dealkylation sites (tertiary alicyclic amines) is 1. The first kappa shape index (κ1) is 18.2. The van der Waals surface area contributed by atoms with Crippen LogP contribution in [0.2, 0.25) is 0 Å². The van der Waals surface area contributed by atoms with Crippen LogP contribution in [0.5, 0.6) is 0 Å². The van der Waals surface area contributed by atoms with Crippen LogP contribution in [0.1, 0.15) is 28.8 Å². The van der Waals surface area contributed by atoms with Gasteiger partial charge >= 0.3 is 0 Å². The SMILES string of the molecule is O=C1NC2(CCN(Cc3ccc([N+](=O)[O-])cc3)CC2)Nc2ccc(I)cc21. The Balaban J connectivity index is 1.41. The largest absolute Gasteiger partial charge is 0.362 e. The second-order valence-corrected chi connectivity index (χ2v) is 8.30. The van der Waals surface area contributed by atoms with Crippen molar-refractivity contribution < 1.29 is 9.72 Å². The molecule has 0 bridgehead atoms. The number of anilines is 1. The molecule has 2 aromatic rings. The third-order valence-electron chi connectivity index (χ3n) is 5.22. The van der Waals surface area contributed by atoms with Crippen molar-refractivity contribution in [1.82, 2.24) is 10.2 Å². The van der Waals surface area contributed by atoms with Crippen molar-refractivity contribution in [2.75, 3.05) is 18.4 Å². The minimum atomic E-state index is -0.400. The number of amides is 1. The number of carbonyl (C=O) groups excluding carboxylic acids is 1. The number of nitro benzene ring substituents is 1. The van der Waals surface area contributed by atoms with Crippen LogP contribution < -0.4 is 10.6 Å². The number of hydrogen-bond donors (Lipinski definition) is 2. The first-order valence-electron chi connectivity index (χ1n) is 8.80. The molecule has 1 saturated heterocycles. The molecule has 0 aliphatic carbocycles. The van der Waals surface area contributed by atoms with Crippen LogP contribution in [0.3, 0.4) is 0 Å². The van der Waals surface area contributed by atoms with Crippen LogP contribution in [0, 0.1) is 13.7 Å². The van der Waals surface area contributed by atoms with Crippen molar-refractivity contribution in [3.63, 3.8) is 0 Å². The number of nitro groups is 1. The zero-order valence-corrected chi connectivity index (χ0v) is 16.7. The minimum absolute atomic E-state index is 0.0221. The monoisotopic (exact) mass is 478 g/mol. The van der Waals surface area contributed by atoms with Crippen LogP contribution >= 0.6 is 22.6 Å². The lowest BCUT2D eigenvalue weighted by molar-refractivity contribution is -0.384. The highest BCUT2D eigenvalue weighted by molar-refractivity contribution is 14.1. The summed E-state index contributed by atoms with van der Waals surface area (Å²) in [4.78, 5) is 25.2. The fourth-order valence-electron chi connectivity index (χ4n) is 3.71. The number of hydrogen-bond acceptors (Lipinski definition) is 5. The van der Waals surface area contributed by atoms with Gasteiger partial charge in [0, 0.05) is 53.9 Å². The summed E-state index contributed by atoms with van der Waals surface area (Å²) >= 11 is 2.21. The average Bonchev–Trinajstić information content (AvgIpc) is 2.65. The van der Waals surface area contributed by atoms with Crippen LogP contribution in [-0.4, -0.2) is 34.5 Å². The molecule has 1 spiro atoms. The molecule has 0 aromatic heterocycles.